The predicted octanol–water partition coefficient (Wildman–Crippen LogP) is 3.10. The SMILES string of the molecule is COc1ccc(CN(C)C(=O)/C=C/c2ccco2)cc1F. The molecule has 110 valence electrons. The summed E-state index contributed by atoms with van der Waals surface area (Å²) in [6, 6.07) is 8.12. The lowest BCUT2D eigenvalue weighted by molar-refractivity contribution is -0.125. The molecule has 1 aromatic heterocycles. The molecule has 0 aliphatic rings. The standard InChI is InChI=1S/C16H16FNO3/c1-18(16(19)8-6-13-4-3-9-21-13)11-12-5-7-15(20-2)14(17)10-12/h3-10H,11H2,1-2H3/b8-6+. The van der Waals surface area contributed by atoms with Crippen LogP contribution in [-0.4, -0.2) is 25.0 Å². The minimum absolute atomic E-state index is 0.186. The Hall–Kier alpha value is -2.56. The van der Waals surface area contributed by atoms with E-state index < -0.39 is 5.82 Å². The van der Waals surface area contributed by atoms with Crippen LogP contribution in [0.1, 0.15) is 11.3 Å². The van der Waals surface area contributed by atoms with Gasteiger partial charge >= 0.3 is 0 Å². The summed E-state index contributed by atoms with van der Waals surface area (Å²) in [6.45, 7) is 0.308. The quantitative estimate of drug-likeness (QED) is 0.794. The zero-order valence-electron chi connectivity index (χ0n) is 11.9. The molecule has 0 fully saturated rings. The molecule has 0 atom stereocenters. The first-order chi connectivity index (χ1) is 10.1. The van der Waals surface area contributed by atoms with Gasteiger partial charge in [0.2, 0.25) is 5.91 Å². The van der Waals surface area contributed by atoms with Gasteiger partial charge in [-0.25, -0.2) is 4.39 Å². The number of hydrogen-bond donors (Lipinski definition) is 0. The minimum atomic E-state index is -0.443. The van der Waals surface area contributed by atoms with E-state index in [1.807, 2.05) is 0 Å². The number of hydrogen-bond acceptors (Lipinski definition) is 3. The van der Waals surface area contributed by atoms with Gasteiger partial charge in [-0.3, -0.25) is 4.79 Å². The van der Waals surface area contributed by atoms with Crippen LogP contribution in [0.25, 0.3) is 6.08 Å². The van der Waals surface area contributed by atoms with E-state index in [1.54, 1.807) is 37.4 Å². The number of furan rings is 1. The molecule has 0 aliphatic carbocycles. The van der Waals surface area contributed by atoms with Crippen molar-refractivity contribution in [3.8, 4) is 5.75 Å². The van der Waals surface area contributed by atoms with E-state index in [4.69, 9.17) is 9.15 Å². The normalized spacial score (nSPS) is 10.8. The molecule has 0 saturated heterocycles. The Kier molecular flexibility index (Phi) is 4.77. The van der Waals surface area contributed by atoms with E-state index in [2.05, 4.69) is 0 Å². The molecule has 0 bridgehead atoms. The van der Waals surface area contributed by atoms with Gasteiger partial charge < -0.3 is 14.1 Å². The first-order valence-electron chi connectivity index (χ1n) is 6.39. The highest BCUT2D eigenvalue weighted by Gasteiger charge is 2.09. The van der Waals surface area contributed by atoms with E-state index in [0.29, 0.717) is 17.9 Å². The third-order valence-corrected chi connectivity index (χ3v) is 2.95. The summed E-state index contributed by atoms with van der Waals surface area (Å²) in [5.74, 6) is 0.155. The topological polar surface area (TPSA) is 42.7 Å². The Balaban J connectivity index is 1.98. The van der Waals surface area contributed by atoms with Crippen molar-refractivity contribution in [3.05, 3.63) is 59.8 Å². The number of carbonyl (C=O) groups excluding carboxylic acids is 1. The number of likely N-dealkylation sites (N-methyl/N-ethyl adjacent to an activating group) is 1. The van der Waals surface area contributed by atoms with Gasteiger partial charge in [-0.2, -0.15) is 0 Å². The molecule has 0 aliphatic heterocycles. The number of nitrogens with zero attached hydrogens (tertiary/aromatic N) is 1. The van der Waals surface area contributed by atoms with Crippen LogP contribution in [0.5, 0.6) is 5.75 Å². The minimum Gasteiger partial charge on any atom is -0.494 e. The molecule has 0 spiro atoms. The van der Waals surface area contributed by atoms with Crippen molar-refractivity contribution in [3.63, 3.8) is 0 Å². The molecule has 2 rings (SSSR count). The van der Waals surface area contributed by atoms with Crippen LogP contribution in [-0.2, 0) is 11.3 Å². The second-order valence-electron chi connectivity index (χ2n) is 4.51. The first-order valence-corrected chi connectivity index (χ1v) is 6.39. The van der Waals surface area contributed by atoms with Crippen molar-refractivity contribution >= 4 is 12.0 Å². The van der Waals surface area contributed by atoms with Crippen LogP contribution < -0.4 is 4.74 Å². The Morgan fingerprint density at radius 1 is 1.43 bits per heavy atom. The van der Waals surface area contributed by atoms with Gasteiger partial charge in [-0.05, 0) is 35.9 Å². The molecule has 1 amide bonds. The molecule has 4 nitrogen and oxygen atoms in total. The van der Waals surface area contributed by atoms with Crippen molar-refractivity contribution in [2.75, 3.05) is 14.2 Å². The van der Waals surface area contributed by atoms with Crippen LogP contribution in [0.2, 0.25) is 0 Å². The molecule has 5 heteroatoms. The van der Waals surface area contributed by atoms with Crippen LogP contribution in [0.15, 0.2) is 47.1 Å². The van der Waals surface area contributed by atoms with Crippen molar-refractivity contribution in [1.82, 2.24) is 4.90 Å². The number of carbonyl (C=O) groups is 1. The molecule has 0 unspecified atom stereocenters. The van der Waals surface area contributed by atoms with Gasteiger partial charge in [-0.15, -0.1) is 0 Å². The summed E-state index contributed by atoms with van der Waals surface area (Å²) in [6.07, 6.45) is 4.54. The van der Waals surface area contributed by atoms with Gasteiger partial charge in [-0.1, -0.05) is 6.07 Å². The van der Waals surface area contributed by atoms with Crippen molar-refractivity contribution in [2.45, 2.75) is 6.54 Å². The molecule has 1 aromatic carbocycles. The molecule has 21 heavy (non-hydrogen) atoms. The van der Waals surface area contributed by atoms with E-state index >= 15 is 0 Å². The molecule has 2 aromatic rings. The number of methoxy groups -OCH3 is 1. The highest BCUT2D eigenvalue weighted by Crippen LogP contribution is 2.18. The van der Waals surface area contributed by atoms with Gasteiger partial charge in [0.25, 0.3) is 0 Å². The number of amides is 1. The lowest BCUT2D eigenvalue weighted by atomic mass is 10.2. The number of benzene rings is 1. The monoisotopic (exact) mass is 289 g/mol. The summed E-state index contributed by atoms with van der Waals surface area (Å²) >= 11 is 0. The average Bonchev–Trinajstić information content (AvgIpc) is 2.98. The highest BCUT2D eigenvalue weighted by atomic mass is 19.1. The van der Waals surface area contributed by atoms with Crippen LogP contribution >= 0.6 is 0 Å². The maximum atomic E-state index is 13.6. The number of ether oxygens (including phenoxy) is 1. The number of halogens is 1. The fourth-order valence-electron chi connectivity index (χ4n) is 1.83. The molecule has 0 saturated carbocycles. The first kappa shape index (κ1) is 14.8. The summed E-state index contributed by atoms with van der Waals surface area (Å²) in [5, 5.41) is 0. The highest BCUT2D eigenvalue weighted by molar-refractivity contribution is 5.91. The van der Waals surface area contributed by atoms with Gasteiger partial charge in [0.1, 0.15) is 5.76 Å². The zero-order chi connectivity index (χ0) is 15.2. The van der Waals surface area contributed by atoms with E-state index in [-0.39, 0.29) is 11.7 Å². The van der Waals surface area contributed by atoms with Crippen molar-refractivity contribution < 1.29 is 18.3 Å². The lowest BCUT2D eigenvalue weighted by Crippen LogP contribution is -2.24. The number of rotatable bonds is 5. The second-order valence-corrected chi connectivity index (χ2v) is 4.51. The Morgan fingerprint density at radius 2 is 2.24 bits per heavy atom. The van der Waals surface area contributed by atoms with Crippen molar-refractivity contribution in [2.24, 2.45) is 0 Å². The largest absolute Gasteiger partial charge is 0.494 e. The maximum absolute atomic E-state index is 13.6. The smallest absolute Gasteiger partial charge is 0.246 e. The van der Waals surface area contributed by atoms with Crippen LogP contribution in [0, 0.1) is 5.82 Å². The van der Waals surface area contributed by atoms with E-state index in [9.17, 15) is 9.18 Å². The molecular formula is C16H16FNO3. The van der Waals surface area contributed by atoms with Gasteiger partial charge in [0.15, 0.2) is 11.6 Å². The van der Waals surface area contributed by atoms with Crippen LogP contribution in [0.4, 0.5) is 4.39 Å². The summed E-state index contributed by atoms with van der Waals surface area (Å²) in [7, 11) is 3.06. The lowest BCUT2D eigenvalue weighted by Gasteiger charge is -2.15. The van der Waals surface area contributed by atoms with Crippen LogP contribution in [0.3, 0.4) is 0 Å². The Morgan fingerprint density at radius 3 is 2.86 bits per heavy atom. The van der Waals surface area contributed by atoms with E-state index in [1.165, 1.54) is 30.4 Å². The summed E-state index contributed by atoms with van der Waals surface area (Å²) in [4.78, 5) is 13.4. The molecular weight excluding hydrogens is 273 g/mol. The maximum Gasteiger partial charge on any atom is 0.246 e. The Labute approximate surface area is 122 Å². The zero-order valence-corrected chi connectivity index (χ0v) is 11.9. The predicted molar refractivity (Wildman–Crippen MR) is 77.2 cm³/mol. The average molecular weight is 289 g/mol. The van der Waals surface area contributed by atoms with Crippen molar-refractivity contribution in [1.29, 1.82) is 0 Å². The van der Waals surface area contributed by atoms with Gasteiger partial charge in [0, 0.05) is 19.7 Å². The fraction of sp³-hybridized carbons (Fsp3) is 0.188. The summed E-state index contributed by atoms with van der Waals surface area (Å²) in [5.41, 5.74) is 0.690. The Bertz CT molecular complexity index is 635. The fourth-order valence-corrected chi connectivity index (χ4v) is 1.83. The third kappa shape index (κ3) is 3.95. The van der Waals surface area contributed by atoms with E-state index in [0.717, 1.165) is 0 Å². The molecule has 1 heterocycles. The molecule has 0 N–H and O–H groups in total. The second kappa shape index (κ2) is 6.74. The molecule has 0 radical (unpaired) electrons. The van der Waals surface area contributed by atoms with Gasteiger partial charge in [0.05, 0.1) is 13.4 Å². The third-order valence-electron chi connectivity index (χ3n) is 2.95. The summed E-state index contributed by atoms with van der Waals surface area (Å²) < 4.78 is 23.5.